The first kappa shape index (κ1) is 18.8. The molecule has 0 aromatic heterocycles. The standard InChI is InChI=1S/C18H25F2NO3/c1-12(2)5-7-18(17(23)24)11-21(8-6-16(18)22)10-13-9-14(19)3-4-15(13)20/h3-4,9,12,16,22H,5-8,10-11H2,1-2H3,(H,23,24)/t16-,18-/m1/s1. The van der Waals surface area contributed by atoms with Gasteiger partial charge < -0.3 is 10.2 Å². The van der Waals surface area contributed by atoms with Gasteiger partial charge >= 0.3 is 5.97 Å². The minimum absolute atomic E-state index is 0.131. The van der Waals surface area contributed by atoms with Gasteiger partial charge in [-0.05, 0) is 43.4 Å². The van der Waals surface area contributed by atoms with Crippen LogP contribution in [0.2, 0.25) is 0 Å². The topological polar surface area (TPSA) is 60.8 Å². The van der Waals surface area contributed by atoms with Gasteiger partial charge in [0, 0.05) is 25.2 Å². The van der Waals surface area contributed by atoms with Crippen LogP contribution in [0, 0.1) is 23.0 Å². The van der Waals surface area contributed by atoms with Crippen LogP contribution in [0.3, 0.4) is 0 Å². The second-order valence-corrected chi connectivity index (χ2v) is 7.14. The Morgan fingerprint density at radius 2 is 2.12 bits per heavy atom. The summed E-state index contributed by atoms with van der Waals surface area (Å²) in [5, 5.41) is 20.1. The first-order valence-corrected chi connectivity index (χ1v) is 8.32. The number of carboxylic acids is 1. The summed E-state index contributed by atoms with van der Waals surface area (Å²) < 4.78 is 27.2. The fourth-order valence-corrected chi connectivity index (χ4v) is 3.31. The number of carboxylic acid groups (broad SMARTS) is 1. The van der Waals surface area contributed by atoms with E-state index in [2.05, 4.69) is 0 Å². The first-order valence-electron chi connectivity index (χ1n) is 8.32. The monoisotopic (exact) mass is 341 g/mol. The van der Waals surface area contributed by atoms with Crippen LogP contribution in [0.1, 0.15) is 38.7 Å². The van der Waals surface area contributed by atoms with Crippen LogP contribution in [0.25, 0.3) is 0 Å². The van der Waals surface area contributed by atoms with Crippen LogP contribution in [-0.4, -0.2) is 40.3 Å². The minimum atomic E-state index is -1.26. The molecule has 24 heavy (non-hydrogen) atoms. The summed E-state index contributed by atoms with van der Waals surface area (Å²) in [6, 6.07) is 3.27. The maximum absolute atomic E-state index is 13.8. The van der Waals surface area contributed by atoms with E-state index in [9.17, 15) is 23.8 Å². The lowest BCUT2D eigenvalue weighted by molar-refractivity contribution is -0.165. The molecule has 0 spiro atoms. The molecule has 0 aliphatic carbocycles. The highest BCUT2D eigenvalue weighted by molar-refractivity contribution is 5.76. The molecule has 0 amide bonds. The van der Waals surface area contributed by atoms with Gasteiger partial charge in [-0.2, -0.15) is 0 Å². The second-order valence-electron chi connectivity index (χ2n) is 7.14. The third kappa shape index (κ3) is 4.11. The average molecular weight is 341 g/mol. The third-order valence-electron chi connectivity index (χ3n) is 4.86. The molecule has 0 bridgehead atoms. The third-order valence-corrected chi connectivity index (χ3v) is 4.86. The van der Waals surface area contributed by atoms with Gasteiger partial charge in [0.1, 0.15) is 17.0 Å². The molecule has 0 unspecified atom stereocenters. The minimum Gasteiger partial charge on any atom is -0.481 e. The van der Waals surface area contributed by atoms with E-state index < -0.39 is 29.1 Å². The summed E-state index contributed by atoms with van der Waals surface area (Å²) in [6.07, 6.45) is 0.429. The molecular weight excluding hydrogens is 316 g/mol. The number of carbonyl (C=O) groups is 1. The molecule has 6 heteroatoms. The molecule has 1 aromatic rings. The van der Waals surface area contributed by atoms with Gasteiger partial charge in [-0.25, -0.2) is 8.78 Å². The van der Waals surface area contributed by atoms with Crippen molar-refractivity contribution in [3.8, 4) is 0 Å². The molecule has 2 atom stereocenters. The number of aliphatic carboxylic acids is 1. The maximum Gasteiger partial charge on any atom is 0.313 e. The van der Waals surface area contributed by atoms with E-state index in [0.717, 1.165) is 18.2 Å². The average Bonchev–Trinajstić information content (AvgIpc) is 2.51. The zero-order chi connectivity index (χ0) is 17.9. The van der Waals surface area contributed by atoms with Gasteiger partial charge in [0.2, 0.25) is 0 Å². The number of nitrogens with zero attached hydrogens (tertiary/aromatic N) is 1. The van der Waals surface area contributed by atoms with E-state index in [1.54, 1.807) is 4.90 Å². The highest BCUT2D eigenvalue weighted by Crippen LogP contribution is 2.37. The van der Waals surface area contributed by atoms with Gasteiger partial charge in [-0.3, -0.25) is 9.69 Å². The molecule has 1 aromatic carbocycles. The van der Waals surface area contributed by atoms with Crippen LogP contribution in [-0.2, 0) is 11.3 Å². The number of aliphatic hydroxyl groups is 1. The molecule has 0 radical (unpaired) electrons. The van der Waals surface area contributed by atoms with Crippen molar-refractivity contribution in [1.29, 1.82) is 0 Å². The van der Waals surface area contributed by atoms with Gasteiger partial charge in [-0.15, -0.1) is 0 Å². The normalized spacial score (nSPS) is 25.2. The molecule has 0 saturated carbocycles. The van der Waals surface area contributed by atoms with E-state index >= 15 is 0 Å². The lowest BCUT2D eigenvalue weighted by Gasteiger charge is -2.43. The van der Waals surface area contributed by atoms with E-state index in [0.29, 0.717) is 31.7 Å². The lowest BCUT2D eigenvalue weighted by Crippen LogP contribution is -2.55. The Hall–Kier alpha value is -1.53. The highest BCUT2D eigenvalue weighted by atomic mass is 19.1. The van der Waals surface area contributed by atoms with Gasteiger partial charge in [-0.1, -0.05) is 13.8 Å². The Bertz CT molecular complexity index is 594. The number of aliphatic hydroxyl groups excluding tert-OH is 1. The van der Waals surface area contributed by atoms with Crippen molar-refractivity contribution < 1.29 is 23.8 Å². The molecular formula is C18H25F2NO3. The smallest absolute Gasteiger partial charge is 0.313 e. The van der Waals surface area contributed by atoms with Crippen LogP contribution >= 0.6 is 0 Å². The largest absolute Gasteiger partial charge is 0.481 e. The molecule has 134 valence electrons. The molecule has 1 aliphatic heterocycles. The van der Waals surface area contributed by atoms with E-state index in [4.69, 9.17) is 0 Å². The zero-order valence-electron chi connectivity index (χ0n) is 14.1. The Labute approximate surface area is 141 Å². The molecule has 1 aliphatic rings. The fraction of sp³-hybridized carbons (Fsp3) is 0.611. The zero-order valence-corrected chi connectivity index (χ0v) is 14.1. The number of benzene rings is 1. The number of likely N-dealkylation sites (tertiary alicyclic amines) is 1. The second kappa shape index (κ2) is 7.57. The summed E-state index contributed by atoms with van der Waals surface area (Å²) in [5.41, 5.74) is -1.05. The predicted octanol–water partition coefficient (Wildman–Crippen LogP) is 3.04. The quantitative estimate of drug-likeness (QED) is 0.835. The highest BCUT2D eigenvalue weighted by Gasteiger charge is 2.48. The predicted molar refractivity (Wildman–Crippen MR) is 86.4 cm³/mol. The van der Waals surface area contributed by atoms with Crippen LogP contribution in [0.5, 0.6) is 0 Å². The van der Waals surface area contributed by atoms with Crippen molar-refractivity contribution in [3.05, 3.63) is 35.4 Å². The van der Waals surface area contributed by atoms with Crippen molar-refractivity contribution >= 4 is 5.97 Å². The Morgan fingerprint density at radius 1 is 1.42 bits per heavy atom. The summed E-state index contributed by atoms with van der Waals surface area (Å²) in [6.45, 7) is 4.72. The van der Waals surface area contributed by atoms with E-state index in [-0.39, 0.29) is 18.7 Å². The van der Waals surface area contributed by atoms with Crippen molar-refractivity contribution in [2.45, 2.75) is 45.8 Å². The number of hydrogen-bond donors (Lipinski definition) is 2. The molecule has 2 N–H and O–H groups in total. The van der Waals surface area contributed by atoms with Crippen molar-refractivity contribution in [2.75, 3.05) is 13.1 Å². The van der Waals surface area contributed by atoms with Crippen LogP contribution < -0.4 is 0 Å². The number of piperidine rings is 1. The summed E-state index contributed by atoms with van der Waals surface area (Å²) >= 11 is 0. The molecule has 1 fully saturated rings. The maximum atomic E-state index is 13.8. The van der Waals surface area contributed by atoms with Gasteiger partial charge in [0.05, 0.1) is 6.10 Å². The fourth-order valence-electron chi connectivity index (χ4n) is 3.31. The summed E-state index contributed by atoms with van der Waals surface area (Å²) in [7, 11) is 0. The summed E-state index contributed by atoms with van der Waals surface area (Å²) in [5.74, 6) is -1.73. The van der Waals surface area contributed by atoms with Gasteiger partial charge in [0.25, 0.3) is 0 Å². The number of hydrogen-bond acceptors (Lipinski definition) is 3. The Morgan fingerprint density at radius 3 is 2.75 bits per heavy atom. The molecule has 2 rings (SSSR count). The lowest BCUT2D eigenvalue weighted by atomic mass is 9.72. The molecule has 1 heterocycles. The van der Waals surface area contributed by atoms with Crippen molar-refractivity contribution in [2.24, 2.45) is 11.3 Å². The Balaban J connectivity index is 2.18. The SMILES string of the molecule is CC(C)CC[C@@]1(C(=O)O)CN(Cc2cc(F)ccc2F)CC[C@H]1O. The Kier molecular flexibility index (Phi) is 5.93. The van der Waals surface area contributed by atoms with Crippen LogP contribution in [0.15, 0.2) is 18.2 Å². The van der Waals surface area contributed by atoms with E-state index in [1.165, 1.54) is 0 Å². The van der Waals surface area contributed by atoms with Crippen molar-refractivity contribution in [3.63, 3.8) is 0 Å². The van der Waals surface area contributed by atoms with Gasteiger partial charge in [0.15, 0.2) is 0 Å². The number of halogens is 2. The first-order chi connectivity index (χ1) is 11.2. The van der Waals surface area contributed by atoms with E-state index in [1.807, 2.05) is 13.8 Å². The van der Waals surface area contributed by atoms with Crippen molar-refractivity contribution in [1.82, 2.24) is 4.90 Å². The molecule has 1 saturated heterocycles. The number of rotatable bonds is 6. The van der Waals surface area contributed by atoms with Crippen LogP contribution in [0.4, 0.5) is 8.78 Å². The molecule has 4 nitrogen and oxygen atoms in total. The summed E-state index contributed by atoms with van der Waals surface area (Å²) in [4.78, 5) is 13.7.